The first-order valence-corrected chi connectivity index (χ1v) is 10.2. The first-order chi connectivity index (χ1) is 16.5. The van der Waals surface area contributed by atoms with Gasteiger partial charge in [0, 0.05) is 16.9 Å². The number of benzene rings is 3. The molecule has 0 unspecified atom stereocenters. The predicted octanol–water partition coefficient (Wildman–Crippen LogP) is 3.52. The average molecular weight is 464 g/mol. The summed E-state index contributed by atoms with van der Waals surface area (Å²) in [5.41, 5.74) is 1.49. The Morgan fingerprint density at radius 3 is 1.74 bits per heavy atom. The molecule has 0 aliphatic heterocycles. The van der Waals surface area contributed by atoms with Crippen LogP contribution in [-0.2, 0) is 14.3 Å². The van der Waals surface area contributed by atoms with E-state index >= 15 is 0 Å². The van der Waals surface area contributed by atoms with Crippen molar-refractivity contribution < 1.29 is 33.3 Å². The number of carbonyl (C=O) groups excluding carboxylic acids is 3. The number of esters is 1. The number of hydrogen-bond donors (Lipinski definition) is 2. The fourth-order valence-corrected chi connectivity index (χ4v) is 2.78. The van der Waals surface area contributed by atoms with Gasteiger partial charge in [0.15, 0.2) is 13.2 Å². The average Bonchev–Trinajstić information content (AvgIpc) is 2.87. The van der Waals surface area contributed by atoms with E-state index in [9.17, 15) is 14.4 Å². The highest BCUT2D eigenvalue weighted by atomic mass is 16.6. The Kier molecular flexibility index (Phi) is 8.45. The fourth-order valence-electron chi connectivity index (χ4n) is 2.78. The molecule has 0 spiro atoms. The lowest BCUT2D eigenvalue weighted by Gasteiger charge is -2.09. The number of methoxy groups -OCH3 is 2. The first-order valence-electron chi connectivity index (χ1n) is 10.2. The highest BCUT2D eigenvalue weighted by Gasteiger charge is 2.11. The zero-order valence-corrected chi connectivity index (χ0v) is 18.7. The van der Waals surface area contributed by atoms with Crippen molar-refractivity contribution in [2.24, 2.45) is 0 Å². The van der Waals surface area contributed by atoms with Crippen LogP contribution in [0.15, 0.2) is 72.8 Å². The van der Waals surface area contributed by atoms with Crippen LogP contribution < -0.4 is 24.8 Å². The molecule has 9 heteroatoms. The van der Waals surface area contributed by atoms with Gasteiger partial charge in [-0.2, -0.15) is 0 Å². The zero-order valence-electron chi connectivity index (χ0n) is 18.7. The fraction of sp³-hybridized carbons (Fsp3) is 0.160. The molecule has 0 aliphatic rings. The van der Waals surface area contributed by atoms with Crippen molar-refractivity contribution in [1.82, 2.24) is 0 Å². The summed E-state index contributed by atoms with van der Waals surface area (Å²) >= 11 is 0. The third kappa shape index (κ3) is 7.27. The van der Waals surface area contributed by atoms with Crippen LogP contribution in [0.25, 0.3) is 0 Å². The maximum Gasteiger partial charge on any atom is 0.344 e. The molecular formula is C25H24N2O7. The second-order valence-corrected chi connectivity index (χ2v) is 6.93. The molecular weight excluding hydrogens is 440 g/mol. The van der Waals surface area contributed by atoms with Crippen molar-refractivity contribution in [1.29, 1.82) is 0 Å². The number of amides is 2. The van der Waals surface area contributed by atoms with Gasteiger partial charge in [-0.25, -0.2) is 4.79 Å². The number of nitrogens with one attached hydrogen (secondary N) is 2. The van der Waals surface area contributed by atoms with Crippen molar-refractivity contribution in [3.8, 4) is 17.2 Å². The molecule has 0 aliphatic carbocycles. The highest BCUT2D eigenvalue weighted by molar-refractivity contribution is 6.04. The molecule has 0 saturated carbocycles. The van der Waals surface area contributed by atoms with E-state index in [0.29, 0.717) is 34.2 Å². The van der Waals surface area contributed by atoms with Crippen LogP contribution in [-0.4, -0.2) is 45.2 Å². The third-order valence-electron chi connectivity index (χ3n) is 4.56. The predicted molar refractivity (Wildman–Crippen MR) is 125 cm³/mol. The summed E-state index contributed by atoms with van der Waals surface area (Å²) in [5.74, 6) is 0.322. The van der Waals surface area contributed by atoms with Crippen molar-refractivity contribution in [3.63, 3.8) is 0 Å². The molecule has 3 aromatic carbocycles. The van der Waals surface area contributed by atoms with Gasteiger partial charge >= 0.3 is 5.97 Å². The van der Waals surface area contributed by atoms with E-state index in [4.69, 9.17) is 18.9 Å². The lowest BCUT2D eigenvalue weighted by molar-refractivity contribution is -0.149. The topological polar surface area (TPSA) is 112 Å². The number of hydrogen-bond acceptors (Lipinski definition) is 7. The van der Waals surface area contributed by atoms with Crippen molar-refractivity contribution >= 4 is 29.2 Å². The van der Waals surface area contributed by atoms with Gasteiger partial charge in [-0.15, -0.1) is 0 Å². The van der Waals surface area contributed by atoms with E-state index in [0.717, 1.165) is 0 Å². The van der Waals surface area contributed by atoms with Gasteiger partial charge in [0.2, 0.25) is 0 Å². The summed E-state index contributed by atoms with van der Waals surface area (Å²) < 4.78 is 20.3. The normalized spacial score (nSPS) is 10.1. The first kappa shape index (κ1) is 24.1. The SMILES string of the molecule is COc1ccc(NC(=O)c2ccc(NC(=O)COC(=O)COc3ccc(OC)cc3)cc2)cc1. The van der Waals surface area contributed by atoms with E-state index in [1.54, 1.807) is 87.0 Å². The minimum absolute atomic E-state index is 0.297. The van der Waals surface area contributed by atoms with Gasteiger partial charge in [-0.3, -0.25) is 9.59 Å². The van der Waals surface area contributed by atoms with Gasteiger partial charge in [0.1, 0.15) is 17.2 Å². The molecule has 2 N–H and O–H groups in total. The van der Waals surface area contributed by atoms with Crippen LogP contribution in [0.1, 0.15) is 10.4 Å². The summed E-state index contributed by atoms with van der Waals surface area (Å²) in [6.07, 6.45) is 0. The highest BCUT2D eigenvalue weighted by Crippen LogP contribution is 2.18. The molecule has 0 heterocycles. The second-order valence-electron chi connectivity index (χ2n) is 6.93. The maximum absolute atomic E-state index is 12.4. The van der Waals surface area contributed by atoms with Gasteiger partial charge in [0.05, 0.1) is 14.2 Å². The monoisotopic (exact) mass is 464 g/mol. The quantitative estimate of drug-likeness (QED) is 0.442. The molecule has 0 bridgehead atoms. The molecule has 2 amide bonds. The lowest BCUT2D eigenvalue weighted by Crippen LogP contribution is -2.23. The molecule has 3 aromatic rings. The lowest BCUT2D eigenvalue weighted by atomic mass is 10.2. The summed E-state index contributed by atoms with van der Waals surface area (Å²) in [5, 5.41) is 5.37. The van der Waals surface area contributed by atoms with E-state index in [1.807, 2.05) is 0 Å². The molecule has 3 rings (SSSR count). The van der Waals surface area contributed by atoms with Crippen molar-refractivity contribution in [3.05, 3.63) is 78.4 Å². The Morgan fingerprint density at radius 2 is 1.15 bits per heavy atom. The Morgan fingerprint density at radius 1 is 0.647 bits per heavy atom. The molecule has 0 saturated heterocycles. The summed E-state index contributed by atoms with van der Waals surface area (Å²) in [6, 6.07) is 19.9. The zero-order chi connectivity index (χ0) is 24.3. The molecule has 9 nitrogen and oxygen atoms in total. The van der Waals surface area contributed by atoms with E-state index in [-0.39, 0.29) is 12.5 Å². The van der Waals surface area contributed by atoms with Gasteiger partial charge in [-0.1, -0.05) is 0 Å². The number of ether oxygens (including phenoxy) is 4. The van der Waals surface area contributed by atoms with Gasteiger partial charge < -0.3 is 29.6 Å². The molecule has 0 radical (unpaired) electrons. The largest absolute Gasteiger partial charge is 0.497 e. The Hall–Kier alpha value is -4.53. The molecule has 0 atom stereocenters. The van der Waals surface area contributed by atoms with Gasteiger partial charge in [-0.05, 0) is 72.8 Å². The second kappa shape index (κ2) is 11.9. The van der Waals surface area contributed by atoms with Crippen LogP contribution >= 0.6 is 0 Å². The Balaban J connectivity index is 1.41. The Bertz CT molecular complexity index is 1110. The van der Waals surface area contributed by atoms with Gasteiger partial charge in [0.25, 0.3) is 11.8 Å². The molecule has 0 fully saturated rings. The molecule has 0 aromatic heterocycles. The third-order valence-corrected chi connectivity index (χ3v) is 4.56. The number of carbonyl (C=O) groups is 3. The minimum Gasteiger partial charge on any atom is -0.497 e. The van der Waals surface area contributed by atoms with Crippen LogP contribution in [0.2, 0.25) is 0 Å². The summed E-state index contributed by atoms with van der Waals surface area (Å²) in [6.45, 7) is -0.803. The van der Waals surface area contributed by atoms with Crippen LogP contribution in [0, 0.1) is 0 Å². The standard InChI is InChI=1S/C25H24N2O7/c1-31-20-9-7-19(8-10-20)27-25(30)17-3-5-18(6-4-17)26-23(28)15-34-24(29)16-33-22-13-11-21(32-2)12-14-22/h3-14H,15-16H2,1-2H3,(H,26,28)(H,27,30). The smallest absolute Gasteiger partial charge is 0.344 e. The summed E-state index contributed by atoms with van der Waals surface area (Å²) in [4.78, 5) is 36.2. The minimum atomic E-state index is -0.684. The van der Waals surface area contributed by atoms with Crippen LogP contribution in [0.4, 0.5) is 11.4 Å². The molecule has 176 valence electrons. The number of anilines is 2. The molecule has 34 heavy (non-hydrogen) atoms. The van der Waals surface area contributed by atoms with Crippen LogP contribution in [0.3, 0.4) is 0 Å². The van der Waals surface area contributed by atoms with E-state index < -0.39 is 18.5 Å². The van der Waals surface area contributed by atoms with Crippen molar-refractivity contribution in [2.45, 2.75) is 0 Å². The van der Waals surface area contributed by atoms with Crippen molar-refractivity contribution in [2.75, 3.05) is 38.1 Å². The van der Waals surface area contributed by atoms with E-state index in [1.165, 1.54) is 0 Å². The van der Waals surface area contributed by atoms with E-state index in [2.05, 4.69) is 10.6 Å². The number of rotatable bonds is 10. The Labute approximate surface area is 196 Å². The van der Waals surface area contributed by atoms with Crippen LogP contribution in [0.5, 0.6) is 17.2 Å². The summed E-state index contributed by atoms with van der Waals surface area (Å²) in [7, 11) is 3.11. The maximum atomic E-state index is 12.4.